The fourth-order valence-electron chi connectivity index (χ4n) is 3.39. The van der Waals surface area contributed by atoms with Crippen LogP contribution in [0.2, 0.25) is 0 Å². The van der Waals surface area contributed by atoms with Gasteiger partial charge in [0.15, 0.2) is 0 Å². The van der Waals surface area contributed by atoms with Gasteiger partial charge in [0.05, 0.1) is 22.5 Å². The van der Waals surface area contributed by atoms with E-state index in [4.69, 9.17) is 0 Å². The third kappa shape index (κ3) is 3.79. The molecule has 1 saturated heterocycles. The fraction of sp³-hybridized carbons (Fsp3) is 0.300. The molecule has 1 aromatic heterocycles. The summed E-state index contributed by atoms with van der Waals surface area (Å²) in [6.45, 7) is 1.38. The summed E-state index contributed by atoms with van der Waals surface area (Å²) < 4.78 is 26.9. The van der Waals surface area contributed by atoms with Crippen molar-refractivity contribution < 1.29 is 13.2 Å². The van der Waals surface area contributed by atoms with Crippen molar-refractivity contribution in [3.63, 3.8) is 0 Å². The van der Waals surface area contributed by atoms with Crippen molar-refractivity contribution in [2.45, 2.75) is 30.7 Å². The summed E-state index contributed by atoms with van der Waals surface area (Å²) in [7, 11) is -3.49. The highest BCUT2D eigenvalue weighted by Crippen LogP contribution is 2.21. The number of hydrogen-bond acceptors (Lipinski definition) is 4. The lowest BCUT2D eigenvalue weighted by atomic mass is 10.2. The van der Waals surface area contributed by atoms with Gasteiger partial charge in [-0.15, -0.1) is 0 Å². The van der Waals surface area contributed by atoms with E-state index in [1.807, 2.05) is 24.3 Å². The minimum absolute atomic E-state index is 0.225. The fourth-order valence-corrected chi connectivity index (χ4v) is 4.91. The second-order valence-electron chi connectivity index (χ2n) is 6.87. The lowest BCUT2D eigenvalue weighted by Crippen LogP contribution is -2.35. The molecule has 0 spiro atoms. The number of carbonyl (C=O) groups excluding carboxylic acids is 1. The molecule has 0 aliphatic carbocycles. The molecule has 0 unspecified atom stereocenters. The van der Waals surface area contributed by atoms with Gasteiger partial charge in [0.25, 0.3) is 5.91 Å². The molecule has 28 heavy (non-hydrogen) atoms. The number of benzene rings is 2. The molecule has 3 aromatic rings. The predicted molar refractivity (Wildman–Crippen MR) is 106 cm³/mol. The van der Waals surface area contributed by atoms with Crippen LogP contribution in [0, 0.1) is 0 Å². The van der Waals surface area contributed by atoms with Gasteiger partial charge in [-0.05, 0) is 49.2 Å². The molecule has 2 N–H and O–H groups in total. The van der Waals surface area contributed by atoms with E-state index in [0.717, 1.165) is 30.3 Å². The molecule has 4 rings (SSSR count). The van der Waals surface area contributed by atoms with E-state index in [1.165, 1.54) is 16.4 Å². The minimum Gasteiger partial charge on any atom is -0.345 e. The van der Waals surface area contributed by atoms with E-state index >= 15 is 0 Å². The summed E-state index contributed by atoms with van der Waals surface area (Å²) >= 11 is 0. The van der Waals surface area contributed by atoms with Crippen molar-refractivity contribution in [3.05, 3.63) is 59.9 Å². The molecule has 146 valence electrons. The van der Waals surface area contributed by atoms with E-state index < -0.39 is 10.0 Å². The van der Waals surface area contributed by atoms with Gasteiger partial charge in [-0.25, -0.2) is 13.4 Å². The Bertz CT molecular complexity index is 1050. The second kappa shape index (κ2) is 7.73. The molecule has 1 fully saturated rings. The molecular formula is C20H22N4O3S. The van der Waals surface area contributed by atoms with Crippen molar-refractivity contribution in [1.29, 1.82) is 0 Å². The van der Waals surface area contributed by atoms with Crippen molar-refractivity contribution in [2.75, 3.05) is 13.1 Å². The van der Waals surface area contributed by atoms with Crippen LogP contribution in [-0.4, -0.2) is 41.7 Å². The molecule has 8 heteroatoms. The highest BCUT2D eigenvalue weighted by molar-refractivity contribution is 7.89. The maximum Gasteiger partial charge on any atom is 0.251 e. The van der Waals surface area contributed by atoms with E-state index in [9.17, 15) is 13.2 Å². The molecule has 1 aliphatic rings. The Labute approximate surface area is 163 Å². The number of rotatable bonds is 5. The molecule has 0 saturated carbocycles. The molecule has 0 radical (unpaired) electrons. The van der Waals surface area contributed by atoms with Crippen molar-refractivity contribution in [3.8, 4) is 0 Å². The molecule has 0 bridgehead atoms. The first-order valence-corrected chi connectivity index (χ1v) is 10.8. The van der Waals surface area contributed by atoms with E-state index in [-0.39, 0.29) is 17.3 Å². The largest absolute Gasteiger partial charge is 0.345 e. The van der Waals surface area contributed by atoms with Crippen LogP contribution in [0.3, 0.4) is 0 Å². The lowest BCUT2D eigenvalue weighted by Gasteiger charge is -2.25. The maximum atomic E-state index is 12.7. The van der Waals surface area contributed by atoms with E-state index in [0.29, 0.717) is 24.5 Å². The number of nitrogens with one attached hydrogen (secondary N) is 2. The lowest BCUT2D eigenvalue weighted by molar-refractivity contribution is 0.0950. The van der Waals surface area contributed by atoms with Gasteiger partial charge in [0.1, 0.15) is 5.82 Å². The van der Waals surface area contributed by atoms with E-state index in [2.05, 4.69) is 15.3 Å². The number of carbonyl (C=O) groups is 1. The Hall–Kier alpha value is -2.71. The van der Waals surface area contributed by atoms with Gasteiger partial charge in [0, 0.05) is 18.7 Å². The molecule has 7 nitrogen and oxygen atoms in total. The Balaban J connectivity index is 1.42. The van der Waals surface area contributed by atoms with Crippen molar-refractivity contribution in [2.24, 2.45) is 0 Å². The highest BCUT2D eigenvalue weighted by atomic mass is 32.2. The van der Waals surface area contributed by atoms with Crippen LogP contribution in [0.5, 0.6) is 0 Å². The molecule has 2 heterocycles. The normalized spacial score (nSPS) is 15.6. The number of imidazole rings is 1. The van der Waals surface area contributed by atoms with Gasteiger partial charge in [-0.2, -0.15) is 4.31 Å². The Morgan fingerprint density at radius 2 is 1.75 bits per heavy atom. The Kier molecular flexibility index (Phi) is 5.15. The van der Waals surface area contributed by atoms with Crippen LogP contribution in [-0.2, 0) is 16.6 Å². The number of para-hydroxylation sites is 2. The summed E-state index contributed by atoms with van der Waals surface area (Å²) in [4.78, 5) is 20.2. The Morgan fingerprint density at radius 3 is 2.46 bits per heavy atom. The van der Waals surface area contributed by atoms with Crippen LogP contribution in [0.1, 0.15) is 35.4 Å². The summed E-state index contributed by atoms with van der Waals surface area (Å²) in [5, 5.41) is 2.81. The standard InChI is InChI=1S/C20H22N4O3S/c25-20(21-14-19-22-17-6-2-3-7-18(17)23-19)15-8-10-16(11-9-15)28(26,27)24-12-4-1-5-13-24/h2-3,6-11H,1,4-5,12-14H2,(H,21,25)(H,22,23). The third-order valence-electron chi connectivity index (χ3n) is 4.92. The van der Waals surface area contributed by atoms with Gasteiger partial charge in [0.2, 0.25) is 10.0 Å². The average Bonchev–Trinajstić information content (AvgIpc) is 3.16. The zero-order valence-corrected chi connectivity index (χ0v) is 16.2. The van der Waals surface area contributed by atoms with Gasteiger partial charge < -0.3 is 10.3 Å². The number of fused-ring (bicyclic) bond motifs is 1. The monoisotopic (exact) mass is 398 g/mol. The van der Waals surface area contributed by atoms with Gasteiger partial charge in [-0.1, -0.05) is 18.6 Å². The number of piperidine rings is 1. The second-order valence-corrected chi connectivity index (χ2v) is 8.81. The Morgan fingerprint density at radius 1 is 1.04 bits per heavy atom. The smallest absolute Gasteiger partial charge is 0.251 e. The number of aromatic amines is 1. The number of hydrogen-bond donors (Lipinski definition) is 2. The first-order valence-electron chi connectivity index (χ1n) is 9.36. The minimum atomic E-state index is -3.49. The maximum absolute atomic E-state index is 12.7. The van der Waals surface area contributed by atoms with Crippen LogP contribution in [0.25, 0.3) is 11.0 Å². The van der Waals surface area contributed by atoms with Gasteiger partial charge in [-0.3, -0.25) is 4.79 Å². The molecule has 1 aliphatic heterocycles. The quantitative estimate of drug-likeness (QED) is 0.691. The molecule has 2 aromatic carbocycles. The van der Waals surface area contributed by atoms with E-state index in [1.54, 1.807) is 12.1 Å². The number of sulfonamides is 1. The SMILES string of the molecule is O=C(NCc1nc2ccccc2[nH]1)c1ccc(S(=O)(=O)N2CCCCC2)cc1. The summed E-state index contributed by atoms with van der Waals surface area (Å²) in [6.07, 6.45) is 2.85. The number of amides is 1. The molecule has 0 atom stereocenters. The third-order valence-corrected chi connectivity index (χ3v) is 6.84. The summed E-state index contributed by atoms with van der Waals surface area (Å²) in [5.41, 5.74) is 2.17. The first-order chi connectivity index (χ1) is 13.5. The topological polar surface area (TPSA) is 95.2 Å². The number of H-pyrrole nitrogens is 1. The van der Waals surface area contributed by atoms with Gasteiger partial charge >= 0.3 is 0 Å². The number of nitrogens with zero attached hydrogens (tertiary/aromatic N) is 2. The van der Waals surface area contributed by atoms with Crippen LogP contribution in [0.4, 0.5) is 0 Å². The summed E-state index contributed by atoms with van der Waals surface area (Å²) in [5.74, 6) is 0.390. The predicted octanol–water partition coefficient (Wildman–Crippen LogP) is 2.67. The first kappa shape index (κ1) is 18.6. The van der Waals surface area contributed by atoms with Crippen LogP contribution >= 0.6 is 0 Å². The highest BCUT2D eigenvalue weighted by Gasteiger charge is 2.25. The summed E-state index contributed by atoms with van der Waals surface area (Å²) in [6, 6.07) is 13.7. The molecular weight excluding hydrogens is 376 g/mol. The van der Waals surface area contributed by atoms with Crippen molar-refractivity contribution in [1.82, 2.24) is 19.6 Å². The zero-order valence-electron chi connectivity index (χ0n) is 15.4. The zero-order chi connectivity index (χ0) is 19.6. The average molecular weight is 398 g/mol. The van der Waals surface area contributed by atoms with Crippen LogP contribution in [0.15, 0.2) is 53.4 Å². The van der Waals surface area contributed by atoms with Crippen molar-refractivity contribution >= 4 is 27.0 Å². The van der Waals surface area contributed by atoms with Crippen LogP contribution < -0.4 is 5.32 Å². The number of aromatic nitrogens is 2. The molecule has 1 amide bonds.